The molecule has 1 amide bonds. The average molecular weight is 273 g/mol. The lowest BCUT2D eigenvalue weighted by Gasteiger charge is -2.09. The van der Waals surface area contributed by atoms with E-state index < -0.39 is 28.6 Å². The Morgan fingerprint density at radius 2 is 2.06 bits per heavy atom. The highest BCUT2D eigenvalue weighted by atomic mass is 32.2. The zero-order chi connectivity index (χ0) is 13.6. The fraction of sp³-hybridized carbons (Fsp3) is 0.400. The molecule has 4 N–H and O–H groups in total. The monoisotopic (exact) mass is 273 g/mol. The normalized spacial score (nSPS) is 13.2. The molecule has 1 heterocycles. The summed E-state index contributed by atoms with van der Waals surface area (Å²) in [4.78, 5) is 14.3. The van der Waals surface area contributed by atoms with Gasteiger partial charge >= 0.3 is 0 Å². The molecule has 1 atom stereocenters. The number of pyridine rings is 1. The quantitative estimate of drug-likeness (QED) is 0.551. The van der Waals surface area contributed by atoms with E-state index in [1.165, 1.54) is 0 Å². The Morgan fingerprint density at radius 3 is 2.61 bits per heavy atom. The predicted octanol–water partition coefficient (Wildman–Crippen LogP) is -1.61. The Kier molecular flexibility index (Phi) is 5.20. The molecule has 100 valence electrons. The first-order chi connectivity index (χ1) is 8.41. The van der Waals surface area contributed by atoms with Crippen LogP contribution in [-0.4, -0.2) is 42.8 Å². The molecule has 0 aliphatic carbocycles. The van der Waals surface area contributed by atoms with Gasteiger partial charge in [0.05, 0.1) is 5.75 Å². The van der Waals surface area contributed by atoms with Crippen LogP contribution < -0.4 is 10.5 Å². The molecule has 1 rings (SSSR count). The highest BCUT2D eigenvalue weighted by Gasteiger charge is 2.16. The van der Waals surface area contributed by atoms with Crippen molar-refractivity contribution in [3.8, 4) is 0 Å². The number of aryl methyl sites for hydroxylation is 1. The van der Waals surface area contributed by atoms with Gasteiger partial charge in [-0.3, -0.25) is 9.78 Å². The van der Waals surface area contributed by atoms with E-state index in [0.29, 0.717) is 6.42 Å². The van der Waals surface area contributed by atoms with Gasteiger partial charge in [-0.15, -0.1) is 0 Å². The first-order valence-corrected chi connectivity index (χ1v) is 6.89. The predicted molar refractivity (Wildman–Crippen MR) is 64.9 cm³/mol. The minimum absolute atomic E-state index is 0.136. The molecule has 0 aromatic carbocycles. The number of hydrogen-bond donors (Lipinski definition) is 3. The van der Waals surface area contributed by atoms with E-state index in [-0.39, 0.29) is 5.75 Å². The van der Waals surface area contributed by atoms with Gasteiger partial charge in [0.25, 0.3) is 0 Å². The van der Waals surface area contributed by atoms with Gasteiger partial charge in [-0.2, -0.15) is 0 Å². The van der Waals surface area contributed by atoms with Crippen LogP contribution in [0.3, 0.4) is 0 Å². The molecule has 7 nitrogen and oxygen atoms in total. The lowest BCUT2D eigenvalue weighted by molar-refractivity contribution is -0.125. The van der Waals surface area contributed by atoms with Crippen LogP contribution in [-0.2, 0) is 21.2 Å². The molecule has 18 heavy (non-hydrogen) atoms. The van der Waals surface area contributed by atoms with Gasteiger partial charge in [0.15, 0.2) is 0 Å². The Hall–Kier alpha value is -1.51. The summed E-state index contributed by atoms with van der Waals surface area (Å²) in [5, 5.41) is 9.07. The van der Waals surface area contributed by atoms with Gasteiger partial charge in [0, 0.05) is 18.9 Å². The van der Waals surface area contributed by atoms with Crippen LogP contribution in [0.4, 0.5) is 0 Å². The van der Waals surface area contributed by atoms with Gasteiger partial charge in [-0.05, 0) is 24.1 Å². The number of aliphatic hydroxyl groups is 1. The van der Waals surface area contributed by atoms with Gasteiger partial charge < -0.3 is 10.8 Å². The molecule has 1 unspecified atom stereocenters. The van der Waals surface area contributed by atoms with E-state index in [1.807, 2.05) is 0 Å². The van der Waals surface area contributed by atoms with Gasteiger partial charge in [-0.25, -0.2) is 13.1 Å². The summed E-state index contributed by atoms with van der Waals surface area (Å²) in [6, 6.07) is 3.43. The third-order valence-electron chi connectivity index (χ3n) is 2.23. The van der Waals surface area contributed by atoms with Crippen LogP contribution >= 0.6 is 0 Å². The van der Waals surface area contributed by atoms with Crippen LogP contribution in [0.25, 0.3) is 0 Å². The fourth-order valence-electron chi connectivity index (χ4n) is 1.18. The van der Waals surface area contributed by atoms with Crippen molar-refractivity contribution in [1.82, 2.24) is 9.71 Å². The second-order valence-corrected chi connectivity index (χ2v) is 5.62. The molecule has 8 heteroatoms. The number of nitrogens with zero attached hydrogens (tertiary/aromatic N) is 1. The zero-order valence-electron chi connectivity index (χ0n) is 9.61. The van der Waals surface area contributed by atoms with E-state index in [4.69, 9.17) is 10.8 Å². The highest BCUT2D eigenvalue weighted by Crippen LogP contribution is 1.99. The van der Waals surface area contributed by atoms with Crippen LogP contribution in [0.5, 0.6) is 0 Å². The van der Waals surface area contributed by atoms with E-state index >= 15 is 0 Å². The molecular formula is C10H15N3O4S. The Bertz CT molecular complexity index is 489. The van der Waals surface area contributed by atoms with E-state index in [9.17, 15) is 13.2 Å². The number of nitrogens with one attached hydrogen (secondary N) is 1. The maximum atomic E-state index is 11.5. The third-order valence-corrected chi connectivity index (χ3v) is 3.58. The first-order valence-electron chi connectivity index (χ1n) is 5.24. The van der Waals surface area contributed by atoms with Crippen molar-refractivity contribution in [3.05, 3.63) is 30.1 Å². The molecule has 0 aliphatic rings. The topological polar surface area (TPSA) is 122 Å². The van der Waals surface area contributed by atoms with Crippen LogP contribution in [0.1, 0.15) is 5.56 Å². The standard InChI is InChI=1S/C10H15N3O4S/c11-10(15)9(14)7-13-18(16,17)6-3-8-1-4-12-5-2-8/h1-2,4-5,9,13-14H,3,6-7H2,(H2,11,15). The van der Waals surface area contributed by atoms with Crippen molar-refractivity contribution in [2.75, 3.05) is 12.3 Å². The van der Waals surface area contributed by atoms with Crippen molar-refractivity contribution in [2.24, 2.45) is 5.73 Å². The van der Waals surface area contributed by atoms with E-state index in [0.717, 1.165) is 5.56 Å². The van der Waals surface area contributed by atoms with E-state index in [2.05, 4.69) is 9.71 Å². The molecule has 1 aromatic heterocycles. The number of carbonyl (C=O) groups is 1. The molecule has 0 fully saturated rings. The molecule has 0 bridgehead atoms. The summed E-state index contributed by atoms with van der Waals surface area (Å²) in [5.41, 5.74) is 5.64. The van der Waals surface area contributed by atoms with Crippen molar-refractivity contribution >= 4 is 15.9 Å². The SMILES string of the molecule is NC(=O)C(O)CNS(=O)(=O)CCc1ccncc1. The van der Waals surface area contributed by atoms with Gasteiger partial charge in [0.1, 0.15) is 6.10 Å². The number of rotatable bonds is 7. The maximum Gasteiger partial charge on any atom is 0.247 e. The zero-order valence-corrected chi connectivity index (χ0v) is 10.4. The van der Waals surface area contributed by atoms with Gasteiger partial charge in [0.2, 0.25) is 15.9 Å². The van der Waals surface area contributed by atoms with Crippen LogP contribution in [0.15, 0.2) is 24.5 Å². The van der Waals surface area contributed by atoms with E-state index in [1.54, 1.807) is 24.5 Å². The number of amides is 1. The molecule has 0 spiro atoms. The van der Waals surface area contributed by atoms with Crippen molar-refractivity contribution in [2.45, 2.75) is 12.5 Å². The fourth-order valence-corrected chi connectivity index (χ4v) is 2.24. The lowest BCUT2D eigenvalue weighted by atomic mass is 10.2. The largest absolute Gasteiger partial charge is 0.382 e. The molecule has 0 radical (unpaired) electrons. The first kappa shape index (κ1) is 14.6. The number of hydrogen-bond acceptors (Lipinski definition) is 5. The number of primary amides is 1. The minimum Gasteiger partial charge on any atom is -0.382 e. The number of aliphatic hydroxyl groups excluding tert-OH is 1. The smallest absolute Gasteiger partial charge is 0.247 e. The summed E-state index contributed by atoms with van der Waals surface area (Å²) >= 11 is 0. The van der Waals surface area contributed by atoms with Crippen molar-refractivity contribution in [1.29, 1.82) is 0 Å². The second-order valence-electron chi connectivity index (χ2n) is 3.69. The summed E-state index contributed by atoms with van der Waals surface area (Å²) in [6.07, 6.45) is 1.96. The molecule has 0 saturated heterocycles. The van der Waals surface area contributed by atoms with Crippen molar-refractivity contribution < 1.29 is 18.3 Å². The minimum atomic E-state index is -3.55. The highest BCUT2D eigenvalue weighted by molar-refractivity contribution is 7.89. The van der Waals surface area contributed by atoms with Gasteiger partial charge in [-0.1, -0.05) is 0 Å². The molecule has 1 aromatic rings. The van der Waals surface area contributed by atoms with Crippen molar-refractivity contribution in [3.63, 3.8) is 0 Å². The average Bonchev–Trinajstić information content (AvgIpc) is 2.35. The number of carbonyl (C=O) groups excluding carboxylic acids is 1. The number of aromatic nitrogens is 1. The van der Waals surface area contributed by atoms with Crippen LogP contribution in [0.2, 0.25) is 0 Å². The Balaban J connectivity index is 2.43. The third kappa shape index (κ3) is 5.21. The van der Waals surface area contributed by atoms with Crippen LogP contribution in [0, 0.1) is 0 Å². The second kappa shape index (κ2) is 6.43. The summed E-state index contributed by atoms with van der Waals surface area (Å²) in [5.74, 6) is -1.10. The molecule has 0 aliphatic heterocycles. The Labute approximate surface area is 105 Å². The molecular weight excluding hydrogens is 258 g/mol. The number of nitrogens with two attached hydrogens (primary N) is 1. The lowest BCUT2D eigenvalue weighted by Crippen LogP contribution is -2.40. The summed E-state index contributed by atoms with van der Waals surface area (Å²) in [7, 11) is -3.55. The maximum absolute atomic E-state index is 11.5. The number of sulfonamides is 1. The summed E-state index contributed by atoms with van der Waals surface area (Å²) in [6.45, 7) is -0.409. The molecule has 0 saturated carbocycles. The Morgan fingerprint density at radius 1 is 1.44 bits per heavy atom. The summed E-state index contributed by atoms with van der Waals surface area (Å²) < 4.78 is 25.2.